The number of carbonyl (C=O) groups is 1. The van der Waals surface area contributed by atoms with Crippen LogP contribution in [0.4, 0.5) is 11.4 Å². The highest BCUT2D eigenvalue weighted by atomic mass is 16.6. The largest absolute Gasteiger partial charge is 0.319 e. The number of benzene rings is 1. The van der Waals surface area contributed by atoms with Crippen molar-refractivity contribution in [2.75, 3.05) is 5.32 Å². The molecular weight excluding hydrogens is 248 g/mol. The molecule has 1 atom stereocenters. The highest BCUT2D eigenvalue weighted by Crippen LogP contribution is 2.25. The van der Waals surface area contributed by atoms with E-state index in [1.807, 2.05) is 0 Å². The summed E-state index contributed by atoms with van der Waals surface area (Å²) >= 11 is 0. The van der Waals surface area contributed by atoms with Crippen molar-refractivity contribution < 1.29 is 9.72 Å². The van der Waals surface area contributed by atoms with E-state index >= 15 is 0 Å². The van der Waals surface area contributed by atoms with Crippen molar-refractivity contribution in [1.82, 2.24) is 0 Å². The van der Waals surface area contributed by atoms with E-state index in [9.17, 15) is 14.9 Å². The molecule has 0 saturated carbocycles. The van der Waals surface area contributed by atoms with Crippen molar-refractivity contribution in [3.05, 3.63) is 33.9 Å². The van der Waals surface area contributed by atoms with E-state index in [0.29, 0.717) is 0 Å². The summed E-state index contributed by atoms with van der Waals surface area (Å²) in [4.78, 5) is 21.8. The molecule has 0 spiro atoms. The zero-order valence-electron chi connectivity index (χ0n) is 9.79. The van der Waals surface area contributed by atoms with Crippen LogP contribution in [0.1, 0.15) is 12.0 Å². The van der Waals surface area contributed by atoms with Gasteiger partial charge in [-0.1, -0.05) is 0 Å². The number of hydrogen-bond donors (Lipinski definition) is 2. The van der Waals surface area contributed by atoms with E-state index in [4.69, 9.17) is 17.4 Å². The summed E-state index contributed by atoms with van der Waals surface area (Å²) in [6, 6.07) is 4.54. The number of amides is 1. The summed E-state index contributed by atoms with van der Waals surface area (Å²) in [5, 5.41) is 21.8. The average molecular weight is 258 g/mol. The number of nitro benzene ring substituents is 1. The van der Waals surface area contributed by atoms with E-state index in [1.165, 1.54) is 12.1 Å². The molecule has 1 amide bonds. The fourth-order valence-corrected chi connectivity index (χ4v) is 1.30. The fraction of sp³-hybridized carbons (Fsp3) is 0.167. The van der Waals surface area contributed by atoms with Crippen LogP contribution >= 0.6 is 0 Å². The van der Waals surface area contributed by atoms with Crippen LogP contribution in [0.3, 0.4) is 0 Å². The lowest BCUT2D eigenvalue weighted by atomic mass is 10.1. The van der Waals surface area contributed by atoms with Gasteiger partial charge in [-0.2, -0.15) is 5.26 Å². The van der Waals surface area contributed by atoms with Gasteiger partial charge in [0.25, 0.3) is 5.69 Å². The van der Waals surface area contributed by atoms with Gasteiger partial charge in [0.1, 0.15) is 5.69 Å². The molecule has 0 bridgehead atoms. The third kappa shape index (κ3) is 3.53. The van der Waals surface area contributed by atoms with Crippen LogP contribution in [-0.4, -0.2) is 16.9 Å². The monoisotopic (exact) mass is 258 g/mol. The predicted molar refractivity (Wildman–Crippen MR) is 67.9 cm³/mol. The van der Waals surface area contributed by atoms with E-state index in [2.05, 4.69) is 11.2 Å². The minimum atomic E-state index is -0.944. The molecule has 1 aromatic carbocycles. The maximum absolute atomic E-state index is 11.6. The zero-order chi connectivity index (χ0) is 14.4. The van der Waals surface area contributed by atoms with Crippen LogP contribution in [0.2, 0.25) is 0 Å². The third-order valence-electron chi connectivity index (χ3n) is 2.26. The Kier molecular flexibility index (Phi) is 4.58. The van der Waals surface area contributed by atoms with Crippen molar-refractivity contribution >= 4 is 17.3 Å². The first-order chi connectivity index (χ1) is 8.99. The molecule has 0 radical (unpaired) electrons. The molecule has 7 heteroatoms. The lowest BCUT2D eigenvalue weighted by Crippen LogP contribution is -2.35. The summed E-state index contributed by atoms with van der Waals surface area (Å²) < 4.78 is 0. The summed E-state index contributed by atoms with van der Waals surface area (Å²) in [5.74, 6) is 1.61. The summed E-state index contributed by atoms with van der Waals surface area (Å²) in [7, 11) is 0. The molecule has 0 aliphatic rings. The van der Waals surface area contributed by atoms with Gasteiger partial charge in [0.05, 0.1) is 22.6 Å². The predicted octanol–water partition coefficient (Wildman–Crippen LogP) is 0.756. The standard InChI is InChI=1S/C12H10N4O3/c1-2-3-9(14)12(17)15-10-5-4-8(7-13)6-11(10)16(18)19/h1,4-6,9H,3,14H2,(H,15,17). The van der Waals surface area contributed by atoms with Crippen LogP contribution in [-0.2, 0) is 4.79 Å². The smallest absolute Gasteiger partial charge is 0.294 e. The van der Waals surface area contributed by atoms with Crippen molar-refractivity contribution in [2.24, 2.45) is 5.73 Å². The van der Waals surface area contributed by atoms with Crippen molar-refractivity contribution in [2.45, 2.75) is 12.5 Å². The molecule has 1 aromatic rings. The third-order valence-corrected chi connectivity index (χ3v) is 2.26. The maximum atomic E-state index is 11.6. The van der Waals surface area contributed by atoms with Gasteiger partial charge in [0.2, 0.25) is 5.91 Å². The number of nitriles is 1. The first-order valence-electron chi connectivity index (χ1n) is 5.18. The van der Waals surface area contributed by atoms with Crippen molar-refractivity contribution in [3.8, 4) is 18.4 Å². The van der Waals surface area contributed by atoms with E-state index in [1.54, 1.807) is 6.07 Å². The molecule has 0 saturated heterocycles. The molecule has 1 unspecified atom stereocenters. The second-order valence-corrected chi connectivity index (χ2v) is 3.60. The number of nitrogens with one attached hydrogen (secondary N) is 1. The number of terminal acetylenes is 1. The Bertz CT molecular complexity index is 598. The maximum Gasteiger partial charge on any atom is 0.294 e. The Morgan fingerprint density at radius 3 is 2.84 bits per heavy atom. The molecule has 0 aromatic heterocycles. The van der Waals surface area contributed by atoms with Crippen LogP contribution < -0.4 is 11.1 Å². The van der Waals surface area contributed by atoms with Crippen LogP contribution in [0.5, 0.6) is 0 Å². The van der Waals surface area contributed by atoms with Gasteiger partial charge in [0, 0.05) is 12.5 Å². The van der Waals surface area contributed by atoms with Gasteiger partial charge >= 0.3 is 0 Å². The summed E-state index contributed by atoms with van der Waals surface area (Å²) in [6.07, 6.45) is 5.05. The topological polar surface area (TPSA) is 122 Å². The normalized spacial score (nSPS) is 10.9. The quantitative estimate of drug-likeness (QED) is 0.469. The van der Waals surface area contributed by atoms with Crippen LogP contribution in [0.25, 0.3) is 0 Å². The SMILES string of the molecule is C#CCC(N)C(=O)Nc1ccc(C#N)cc1[N+](=O)[O-]. The highest BCUT2D eigenvalue weighted by molar-refractivity contribution is 5.96. The molecule has 0 fully saturated rings. The van der Waals surface area contributed by atoms with Crippen molar-refractivity contribution in [1.29, 1.82) is 5.26 Å². The lowest BCUT2D eigenvalue weighted by Gasteiger charge is -2.09. The Morgan fingerprint density at radius 1 is 1.63 bits per heavy atom. The fourth-order valence-electron chi connectivity index (χ4n) is 1.30. The molecule has 0 aliphatic carbocycles. The number of rotatable bonds is 4. The number of nitrogens with two attached hydrogens (primary N) is 1. The first-order valence-corrected chi connectivity index (χ1v) is 5.18. The van der Waals surface area contributed by atoms with E-state index < -0.39 is 16.9 Å². The molecule has 1 rings (SSSR count). The van der Waals surface area contributed by atoms with Crippen LogP contribution in [0, 0.1) is 33.8 Å². The highest BCUT2D eigenvalue weighted by Gasteiger charge is 2.19. The zero-order valence-corrected chi connectivity index (χ0v) is 9.79. The number of nitrogens with zero attached hydrogens (tertiary/aromatic N) is 2. The number of hydrogen-bond acceptors (Lipinski definition) is 5. The average Bonchev–Trinajstić information content (AvgIpc) is 2.39. The van der Waals surface area contributed by atoms with Gasteiger partial charge < -0.3 is 11.1 Å². The molecule has 7 nitrogen and oxygen atoms in total. The van der Waals surface area contributed by atoms with E-state index in [-0.39, 0.29) is 23.4 Å². The Labute approximate surface area is 109 Å². The minimum absolute atomic E-state index is 0.0237. The summed E-state index contributed by atoms with van der Waals surface area (Å²) in [5.41, 5.74) is 5.20. The number of carbonyl (C=O) groups excluding carboxylic acids is 1. The Balaban J connectivity index is 3.02. The van der Waals surface area contributed by atoms with Gasteiger partial charge in [0.15, 0.2) is 0 Å². The molecule has 0 heterocycles. The number of anilines is 1. The van der Waals surface area contributed by atoms with Gasteiger partial charge in [-0.15, -0.1) is 12.3 Å². The summed E-state index contributed by atoms with van der Waals surface area (Å²) in [6.45, 7) is 0. The van der Waals surface area contributed by atoms with Gasteiger partial charge in [-0.05, 0) is 12.1 Å². The number of nitro groups is 1. The molecular formula is C12H10N4O3. The van der Waals surface area contributed by atoms with Gasteiger partial charge in [-0.3, -0.25) is 14.9 Å². The Hall–Kier alpha value is -2.90. The second-order valence-electron chi connectivity index (χ2n) is 3.60. The Morgan fingerprint density at radius 2 is 2.32 bits per heavy atom. The molecule has 0 aliphatic heterocycles. The lowest BCUT2D eigenvalue weighted by molar-refractivity contribution is -0.383. The molecule has 3 N–H and O–H groups in total. The molecule has 96 valence electrons. The second kappa shape index (κ2) is 6.15. The van der Waals surface area contributed by atoms with Crippen molar-refractivity contribution in [3.63, 3.8) is 0 Å². The molecule has 19 heavy (non-hydrogen) atoms. The van der Waals surface area contributed by atoms with Crippen LogP contribution in [0.15, 0.2) is 18.2 Å². The van der Waals surface area contributed by atoms with Gasteiger partial charge in [-0.25, -0.2) is 0 Å². The first kappa shape index (κ1) is 14.2. The van der Waals surface area contributed by atoms with E-state index in [0.717, 1.165) is 6.07 Å². The minimum Gasteiger partial charge on any atom is -0.319 e.